The molecule has 7 heteroatoms. The van der Waals surface area contributed by atoms with Crippen LogP contribution in [0.5, 0.6) is 0 Å². The molecule has 0 aliphatic heterocycles. The molecule has 0 saturated heterocycles. The summed E-state index contributed by atoms with van der Waals surface area (Å²) < 4.78 is 1.46. The minimum atomic E-state index is -1.20. The summed E-state index contributed by atoms with van der Waals surface area (Å²) in [6.45, 7) is 6.00. The van der Waals surface area contributed by atoms with Crippen LogP contribution in [0.1, 0.15) is 16.1 Å². The fourth-order valence-corrected chi connectivity index (χ4v) is 2.91. The van der Waals surface area contributed by atoms with Gasteiger partial charge in [0.25, 0.3) is 0 Å². The molecule has 1 aromatic heterocycles. The zero-order valence-electron chi connectivity index (χ0n) is 14.2. The van der Waals surface area contributed by atoms with E-state index in [9.17, 15) is 9.90 Å². The van der Waals surface area contributed by atoms with Gasteiger partial charge < -0.3 is 5.11 Å². The molecule has 136 valence electrons. The van der Waals surface area contributed by atoms with E-state index in [4.69, 9.17) is 28.5 Å². The third-order valence-corrected chi connectivity index (χ3v) is 4.21. The summed E-state index contributed by atoms with van der Waals surface area (Å²) in [6, 6.07) is 15.9. The van der Waals surface area contributed by atoms with Gasteiger partial charge in [-0.05, 0) is 24.3 Å². The first kappa shape index (κ1) is 20.2. The Morgan fingerprint density at radius 1 is 1.15 bits per heavy atom. The van der Waals surface area contributed by atoms with Crippen molar-refractivity contribution in [3.8, 4) is 23.0 Å². The quantitative estimate of drug-likeness (QED) is 0.594. The molecule has 3 aromatic rings. The number of aromatic carboxylic acids is 1. The Labute approximate surface area is 166 Å². The summed E-state index contributed by atoms with van der Waals surface area (Å²) in [4.78, 5) is 11.6. The van der Waals surface area contributed by atoms with Crippen molar-refractivity contribution < 1.29 is 9.90 Å². The molecule has 0 amide bonds. The second kappa shape index (κ2) is 9.04. The lowest BCUT2D eigenvalue weighted by Gasteiger charge is -2.10. The number of carboxylic acid groups (broad SMARTS) is 1. The second-order valence-electron chi connectivity index (χ2n) is 5.19. The summed E-state index contributed by atoms with van der Waals surface area (Å²) in [5.41, 5.74) is 1.88. The van der Waals surface area contributed by atoms with Crippen molar-refractivity contribution in [1.82, 2.24) is 9.78 Å². The van der Waals surface area contributed by atoms with Crippen LogP contribution in [-0.2, 0) is 6.42 Å². The van der Waals surface area contributed by atoms with Gasteiger partial charge in [0.1, 0.15) is 0 Å². The predicted octanol–water partition coefficient (Wildman–Crippen LogP) is 5.41. The minimum Gasteiger partial charge on any atom is -0.476 e. The molecule has 0 unspecified atom stereocenters. The molecule has 0 bridgehead atoms. The van der Waals surface area contributed by atoms with Gasteiger partial charge >= 0.3 is 5.97 Å². The molecule has 0 spiro atoms. The maximum absolute atomic E-state index is 11.6. The number of carbonyl (C=O) groups is 1. The molecule has 0 aliphatic carbocycles. The van der Waals surface area contributed by atoms with Crippen molar-refractivity contribution in [1.29, 1.82) is 5.26 Å². The van der Waals surface area contributed by atoms with Crippen LogP contribution >= 0.6 is 23.2 Å². The fourth-order valence-electron chi connectivity index (χ4n) is 2.57. The Hall–Kier alpha value is -3.07. The number of rotatable bonds is 4. The maximum Gasteiger partial charge on any atom is 0.356 e. The van der Waals surface area contributed by atoms with E-state index in [2.05, 4.69) is 18.3 Å². The topological polar surface area (TPSA) is 78.9 Å². The van der Waals surface area contributed by atoms with Crippen molar-refractivity contribution in [2.75, 3.05) is 0 Å². The van der Waals surface area contributed by atoms with E-state index in [1.54, 1.807) is 48.5 Å². The first-order chi connectivity index (χ1) is 13.0. The molecular formula is C20H15Cl2N3O2. The number of nitriles is 1. The Morgan fingerprint density at radius 3 is 2.33 bits per heavy atom. The van der Waals surface area contributed by atoms with Gasteiger partial charge in [0.2, 0.25) is 0 Å². The lowest BCUT2D eigenvalue weighted by molar-refractivity contribution is 0.0689. The number of nitrogens with zero attached hydrogens (tertiary/aromatic N) is 3. The minimum absolute atomic E-state index is 0.0932. The Morgan fingerprint density at radius 2 is 1.78 bits per heavy atom. The number of halogens is 2. The van der Waals surface area contributed by atoms with Crippen molar-refractivity contribution >= 4 is 29.2 Å². The summed E-state index contributed by atoms with van der Waals surface area (Å²) >= 11 is 12.2. The molecule has 2 aromatic carbocycles. The molecule has 0 fully saturated rings. The summed E-state index contributed by atoms with van der Waals surface area (Å²) in [7, 11) is 0. The van der Waals surface area contributed by atoms with Crippen LogP contribution in [-0.4, -0.2) is 20.9 Å². The zero-order valence-corrected chi connectivity index (χ0v) is 15.7. The third-order valence-electron chi connectivity index (χ3n) is 3.64. The predicted molar refractivity (Wildman–Crippen MR) is 107 cm³/mol. The second-order valence-corrected chi connectivity index (χ2v) is 6.03. The highest BCUT2D eigenvalue weighted by Crippen LogP contribution is 2.32. The van der Waals surface area contributed by atoms with Crippen molar-refractivity contribution in [3.05, 3.63) is 83.0 Å². The first-order valence-electron chi connectivity index (χ1n) is 7.76. The van der Waals surface area contributed by atoms with Crippen LogP contribution < -0.4 is 0 Å². The van der Waals surface area contributed by atoms with Crippen LogP contribution in [0.25, 0.3) is 16.9 Å². The highest BCUT2D eigenvalue weighted by Gasteiger charge is 2.25. The normalized spacial score (nSPS) is 9.81. The third kappa shape index (κ3) is 4.20. The van der Waals surface area contributed by atoms with Crippen LogP contribution in [0.2, 0.25) is 10.0 Å². The van der Waals surface area contributed by atoms with Gasteiger partial charge in [-0.25, -0.2) is 9.48 Å². The summed E-state index contributed by atoms with van der Waals surface area (Å²) in [6.07, 6.45) is -0.0932. The van der Waals surface area contributed by atoms with Crippen molar-refractivity contribution in [2.45, 2.75) is 6.42 Å². The average molecular weight is 400 g/mol. The number of carboxylic acids is 1. The number of hydrogen-bond donors (Lipinski definition) is 1. The van der Waals surface area contributed by atoms with E-state index in [-0.39, 0.29) is 12.1 Å². The summed E-state index contributed by atoms with van der Waals surface area (Å²) in [5, 5.41) is 23.8. The van der Waals surface area contributed by atoms with E-state index in [1.807, 2.05) is 6.07 Å². The molecule has 0 atom stereocenters. The average Bonchev–Trinajstić information content (AvgIpc) is 3.04. The molecule has 1 heterocycles. The van der Waals surface area contributed by atoms with E-state index in [1.165, 1.54) is 4.68 Å². The van der Waals surface area contributed by atoms with Crippen LogP contribution in [0.4, 0.5) is 0 Å². The standard InChI is InChI=1S/C18H11Cl2N3O2.C2H4/c19-12-7-5-11(6-8-12)17-13(9-10-21)16(18(24)25)22-23(17)15-4-2-1-3-14(15)20;1-2/h1-8H,9H2,(H,24,25);1-2H2. The number of aromatic nitrogens is 2. The van der Waals surface area contributed by atoms with Crippen molar-refractivity contribution in [3.63, 3.8) is 0 Å². The molecule has 0 saturated carbocycles. The van der Waals surface area contributed by atoms with Crippen LogP contribution in [0.3, 0.4) is 0 Å². The zero-order chi connectivity index (χ0) is 20.0. The summed E-state index contributed by atoms with van der Waals surface area (Å²) in [5.74, 6) is -1.20. The molecule has 0 aliphatic rings. The lowest BCUT2D eigenvalue weighted by atomic mass is 10.0. The number of hydrogen-bond acceptors (Lipinski definition) is 3. The van der Waals surface area contributed by atoms with E-state index >= 15 is 0 Å². The monoisotopic (exact) mass is 399 g/mol. The van der Waals surface area contributed by atoms with Gasteiger partial charge in [0, 0.05) is 16.1 Å². The molecular weight excluding hydrogens is 385 g/mol. The van der Waals surface area contributed by atoms with Gasteiger partial charge in [-0.1, -0.05) is 47.5 Å². The van der Waals surface area contributed by atoms with E-state index in [0.29, 0.717) is 32.6 Å². The van der Waals surface area contributed by atoms with Gasteiger partial charge in [0.05, 0.1) is 28.9 Å². The number of benzene rings is 2. The number of para-hydroxylation sites is 1. The maximum atomic E-state index is 11.6. The van der Waals surface area contributed by atoms with E-state index in [0.717, 1.165) is 0 Å². The highest BCUT2D eigenvalue weighted by molar-refractivity contribution is 6.32. The van der Waals surface area contributed by atoms with Crippen molar-refractivity contribution in [2.24, 2.45) is 0 Å². The molecule has 3 rings (SSSR count). The smallest absolute Gasteiger partial charge is 0.356 e. The Bertz CT molecular complexity index is 1010. The highest BCUT2D eigenvalue weighted by atomic mass is 35.5. The fraction of sp³-hybridized carbons (Fsp3) is 0.0500. The molecule has 27 heavy (non-hydrogen) atoms. The molecule has 0 radical (unpaired) electrons. The Kier molecular flexibility index (Phi) is 6.78. The van der Waals surface area contributed by atoms with E-state index < -0.39 is 5.97 Å². The first-order valence-corrected chi connectivity index (χ1v) is 8.51. The van der Waals surface area contributed by atoms with Crippen LogP contribution in [0.15, 0.2) is 61.7 Å². The van der Waals surface area contributed by atoms with Crippen LogP contribution in [0, 0.1) is 11.3 Å². The lowest BCUT2D eigenvalue weighted by Crippen LogP contribution is -2.03. The largest absolute Gasteiger partial charge is 0.476 e. The molecule has 1 N–H and O–H groups in total. The van der Waals surface area contributed by atoms with Gasteiger partial charge in [-0.15, -0.1) is 13.2 Å². The SMILES string of the molecule is C=C.N#CCc1c(C(=O)O)nn(-c2ccccc2Cl)c1-c1ccc(Cl)cc1. The molecule has 5 nitrogen and oxygen atoms in total. The Balaban J connectivity index is 0.00000126. The van der Waals surface area contributed by atoms with Gasteiger partial charge in [-0.3, -0.25) is 0 Å². The van der Waals surface area contributed by atoms with Gasteiger partial charge in [-0.2, -0.15) is 10.4 Å². The van der Waals surface area contributed by atoms with Gasteiger partial charge in [0.15, 0.2) is 5.69 Å².